The van der Waals surface area contributed by atoms with Crippen LogP contribution in [0.1, 0.15) is 46.8 Å². The summed E-state index contributed by atoms with van der Waals surface area (Å²) in [5.74, 6) is -3.22. The van der Waals surface area contributed by atoms with Gasteiger partial charge in [0.15, 0.2) is 9.84 Å². The lowest BCUT2D eigenvalue weighted by atomic mass is 9.90. The molecule has 0 radical (unpaired) electrons. The maximum absolute atomic E-state index is 15.0. The van der Waals surface area contributed by atoms with E-state index in [2.05, 4.69) is 10.6 Å². The minimum atomic E-state index is -4.76. The molecule has 0 spiro atoms. The number of piperidine rings is 1. The maximum Gasteiger partial charge on any atom is 0.416 e. The van der Waals surface area contributed by atoms with Gasteiger partial charge in [0.05, 0.1) is 16.5 Å². The fraction of sp³-hybridized carbons (Fsp3) is 0.423. The highest BCUT2D eigenvalue weighted by Gasteiger charge is 2.56. The van der Waals surface area contributed by atoms with E-state index in [0.717, 1.165) is 18.4 Å². The number of rotatable bonds is 6. The highest BCUT2D eigenvalue weighted by Crippen LogP contribution is 2.48. The van der Waals surface area contributed by atoms with Crippen LogP contribution in [0.2, 0.25) is 0 Å². The topological polar surface area (TPSA) is 113 Å². The molecule has 0 aromatic heterocycles. The number of sulfone groups is 1. The number of likely N-dealkylation sites (tertiary alicyclic amines) is 1. The Labute approximate surface area is 221 Å². The molecule has 2 aromatic carbocycles. The quantitative estimate of drug-likeness (QED) is 0.522. The van der Waals surface area contributed by atoms with Crippen molar-refractivity contribution in [3.63, 3.8) is 0 Å². The minimum Gasteiger partial charge on any atom is -0.356 e. The summed E-state index contributed by atoms with van der Waals surface area (Å²) in [6, 6.07) is 5.24. The minimum absolute atomic E-state index is 0.0443. The van der Waals surface area contributed by atoms with Crippen molar-refractivity contribution in [3.8, 4) is 0 Å². The van der Waals surface area contributed by atoms with E-state index in [9.17, 15) is 40.4 Å². The van der Waals surface area contributed by atoms with Crippen molar-refractivity contribution in [1.29, 1.82) is 0 Å². The van der Waals surface area contributed by atoms with Crippen molar-refractivity contribution in [2.45, 2.75) is 48.5 Å². The Balaban J connectivity index is 1.42. The first kappa shape index (κ1) is 27.1. The molecule has 5 rings (SSSR count). The van der Waals surface area contributed by atoms with E-state index in [1.165, 1.54) is 29.2 Å². The number of nitrogens with zero attached hydrogens (tertiary/aromatic N) is 1. The van der Waals surface area contributed by atoms with E-state index in [-0.39, 0.29) is 46.9 Å². The molecule has 2 saturated heterocycles. The molecule has 5 atom stereocenters. The molecule has 0 bridgehead atoms. The van der Waals surface area contributed by atoms with E-state index in [0.29, 0.717) is 18.9 Å². The van der Waals surface area contributed by atoms with Crippen molar-refractivity contribution in [2.75, 3.05) is 12.8 Å². The van der Waals surface area contributed by atoms with Crippen LogP contribution in [0.25, 0.3) is 0 Å². The summed E-state index contributed by atoms with van der Waals surface area (Å²) < 4.78 is 78.2. The molecule has 1 unspecified atom stereocenters. The molecule has 1 aliphatic carbocycles. The van der Waals surface area contributed by atoms with E-state index in [1.54, 1.807) is 0 Å². The molecular weight excluding hydrogens is 542 g/mol. The predicted octanol–water partition coefficient (Wildman–Crippen LogP) is 2.84. The van der Waals surface area contributed by atoms with Crippen LogP contribution in [-0.2, 0) is 25.6 Å². The van der Waals surface area contributed by atoms with Gasteiger partial charge in [-0.2, -0.15) is 13.2 Å². The van der Waals surface area contributed by atoms with Crippen LogP contribution in [0.5, 0.6) is 0 Å². The van der Waals surface area contributed by atoms with E-state index in [1.807, 2.05) is 0 Å². The summed E-state index contributed by atoms with van der Waals surface area (Å²) in [5.41, 5.74) is -1.28. The SMILES string of the molecule is CS(=O)(=O)c1cccc(C(=O)N2[C@@H](C(=O)NC(c3ccc(C(F)(F)F)cc3F)[C@@H]3CNC(=O)C3)C[C@H]3C[C@H]32)c1. The van der Waals surface area contributed by atoms with Gasteiger partial charge in [0.25, 0.3) is 5.91 Å². The zero-order chi connectivity index (χ0) is 28.3. The summed E-state index contributed by atoms with van der Waals surface area (Å²) in [6.07, 6.45) is -2.80. The number of carbonyl (C=O) groups excluding carboxylic acids is 3. The summed E-state index contributed by atoms with van der Waals surface area (Å²) in [4.78, 5) is 40.2. The fourth-order valence-corrected chi connectivity index (χ4v) is 6.18. The Morgan fingerprint density at radius 1 is 1.13 bits per heavy atom. The Hall–Kier alpha value is -3.48. The van der Waals surface area contributed by atoms with Gasteiger partial charge in [0.2, 0.25) is 11.8 Å². The first-order valence-corrected chi connectivity index (χ1v) is 14.2. The number of carbonyl (C=O) groups is 3. The van der Waals surface area contributed by atoms with Gasteiger partial charge < -0.3 is 15.5 Å². The summed E-state index contributed by atoms with van der Waals surface area (Å²) in [5, 5.41) is 5.30. The molecule has 1 saturated carbocycles. The Bertz CT molecular complexity index is 1460. The third kappa shape index (κ3) is 5.36. The molecule has 2 aromatic rings. The second kappa shape index (κ2) is 9.61. The first-order chi connectivity index (χ1) is 18.2. The number of fused-ring (bicyclic) bond motifs is 1. The van der Waals surface area contributed by atoms with Gasteiger partial charge in [-0.3, -0.25) is 14.4 Å². The second-order valence-corrected chi connectivity index (χ2v) is 12.3. The Kier molecular flexibility index (Phi) is 6.68. The van der Waals surface area contributed by atoms with Gasteiger partial charge in [-0.05, 0) is 49.1 Å². The Morgan fingerprint density at radius 2 is 1.87 bits per heavy atom. The largest absolute Gasteiger partial charge is 0.416 e. The molecule has 2 N–H and O–H groups in total. The van der Waals surface area contributed by atoms with Crippen molar-refractivity contribution in [3.05, 3.63) is 65.0 Å². The van der Waals surface area contributed by atoms with Gasteiger partial charge in [-0.15, -0.1) is 0 Å². The smallest absolute Gasteiger partial charge is 0.356 e. The summed E-state index contributed by atoms with van der Waals surface area (Å²) >= 11 is 0. The number of halogens is 4. The van der Waals surface area contributed by atoms with Gasteiger partial charge in [-0.25, -0.2) is 12.8 Å². The standard InChI is InChI=1S/C26H25F4N3O5S/c1-39(37,38)17-4-2-3-13(7-17)25(36)33-20-8-14(20)9-21(33)24(35)32-23(15-10-22(34)31-12-15)18-6-5-16(11-19(18)27)26(28,29)30/h2-7,11,14-15,20-21,23H,8-10,12H2,1H3,(H,31,34)(H,32,35)/t14-,15+,20-,21-,23?/m1/s1. The van der Waals surface area contributed by atoms with Crippen molar-refractivity contribution >= 4 is 27.6 Å². The number of nitrogens with one attached hydrogen (secondary N) is 2. The average molecular weight is 568 g/mol. The number of amides is 3. The van der Waals surface area contributed by atoms with Gasteiger partial charge >= 0.3 is 6.18 Å². The molecule has 3 fully saturated rings. The van der Waals surface area contributed by atoms with Gasteiger partial charge in [0, 0.05) is 42.3 Å². The number of benzene rings is 2. The van der Waals surface area contributed by atoms with Crippen LogP contribution in [0.15, 0.2) is 47.4 Å². The molecule has 13 heteroatoms. The van der Waals surface area contributed by atoms with Crippen molar-refractivity contribution < 1.29 is 40.4 Å². The molecule has 8 nitrogen and oxygen atoms in total. The Morgan fingerprint density at radius 3 is 2.49 bits per heavy atom. The number of alkyl halides is 3. The average Bonchev–Trinajstić information content (AvgIpc) is 3.31. The highest BCUT2D eigenvalue weighted by molar-refractivity contribution is 7.90. The van der Waals surface area contributed by atoms with Crippen LogP contribution in [0.3, 0.4) is 0 Å². The van der Waals surface area contributed by atoms with E-state index >= 15 is 0 Å². The molecular formula is C26H25F4N3O5S. The highest BCUT2D eigenvalue weighted by atomic mass is 32.2. The molecule has 3 amide bonds. The monoisotopic (exact) mass is 567 g/mol. The maximum atomic E-state index is 15.0. The molecule has 208 valence electrons. The zero-order valence-corrected chi connectivity index (χ0v) is 21.5. The number of hydrogen-bond acceptors (Lipinski definition) is 5. The summed E-state index contributed by atoms with van der Waals surface area (Å²) in [6.45, 7) is 0.0844. The van der Waals surface area contributed by atoms with Crippen molar-refractivity contribution in [1.82, 2.24) is 15.5 Å². The van der Waals surface area contributed by atoms with Crippen LogP contribution >= 0.6 is 0 Å². The summed E-state index contributed by atoms with van der Waals surface area (Å²) in [7, 11) is -3.58. The lowest BCUT2D eigenvalue weighted by Crippen LogP contribution is -2.49. The van der Waals surface area contributed by atoms with Crippen molar-refractivity contribution in [2.24, 2.45) is 11.8 Å². The lowest BCUT2D eigenvalue weighted by Gasteiger charge is -2.31. The molecule has 2 heterocycles. The molecule has 2 aliphatic heterocycles. The third-order valence-electron chi connectivity index (χ3n) is 7.59. The van der Waals surface area contributed by atoms with Gasteiger partial charge in [-0.1, -0.05) is 12.1 Å². The first-order valence-electron chi connectivity index (χ1n) is 12.3. The lowest BCUT2D eigenvalue weighted by molar-refractivity contribution is -0.137. The van der Waals surface area contributed by atoms with Crippen LogP contribution in [-0.4, -0.2) is 55.9 Å². The molecule has 3 aliphatic rings. The van der Waals surface area contributed by atoms with Crippen LogP contribution in [0, 0.1) is 17.7 Å². The molecule has 39 heavy (non-hydrogen) atoms. The second-order valence-electron chi connectivity index (χ2n) is 10.3. The van der Waals surface area contributed by atoms with Crippen LogP contribution < -0.4 is 10.6 Å². The predicted molar refractivity (Wildman–Crippen MR) is 129 cm³/mol. The third-order valence-corrected chi connectivity index (χ3v) is 8.70. The van der Waals surface area contributed by atoms with E-state index in [4.69, 9.17) is 0 Å². The number of hydrogen-bond donors (Lipinski definition) is 2. The van der Waals surface area contributed by atoms with Crippen LogP contribution in [0.4, 0.5) is 17.6 Å². The van der Waals surface area contributed by atoms with Gasteiger partial charge in [0.1, 0.15) is 11.9 Å². The van der Waals surface area contributed by atoms with E-state index < -0.39 is 57.2 Å². The zero-order valence-electron chi connectivity index (χ0n) is 20.7. The fourth-order valence-electron chi connectivity index (χ4n) is 5.51. The normalized spacial score (nSPS) is 25.2.